The first-order valence-corrected chi connectivity index (χ1v) is 1.42. The maximum absolute atomic E-state index is 9.00. The molecule has 5 nitrogen and oxygen atoms in total. The van der Waals surface area contributed by atoms with Crippen LogP contribution in [-0.2, 0) is 9.59 Å². The number of carboxylic acids is 1. The van der Waals surface area contributed by atoms with Gasteiger partial charge in [0, 0.05) is 6.92 Å². The average Bonchev–Trinajstić information content (AvgIpc) is 1.33. The molecule has 0 bridgehead atoms. The summed E-state index contributed by atoms with van der Waals surface area (Å²) >= 11 is 0. The topological polar surface area (TPSA) is 110 Å². The molecule has 0 atom stereocenters. The van der Waals surface area contributed by atoms with Gasteiger partial charge in [-0.15, -0.1) is 0 Å². The summed E-state index contributed by atoms with van der Waals surface area (Å²) in [6.45, 7) is 0.833. The first kappa shape index (κ1) is 22.9. The Bertz CT molecular complexity index is 70.4. The third kappa shape index (κ3) is 12100. The monoisotopic (exact) mass is 165 g/mol. The molecular weight excluding hydrogens is 154 g/mol. The van der Waals surface area contributed by atoms with Crippen LogP contribution in [0.1, 0.15) is 9.78 Å². The normalized spacial score (nSPS) is 4.11. The fraction of sp³-hybridized carbons (Fsp3) is 0.333. The molecule has 0 aliphatic heterocycles. The largest absolute Gasteiger partial charge is 2.00 e. The standard InChI is InChI=1S/C2H4O2.CH2O2.Ca.H3N.2H/c1-2(3)4;2-1-3;;;;/h1H3,(H,3,4);1H,(H,2,3);;1H3;;/q;;+2;;2*-1. The summed E-state index contributed by atoms with van der Waals surface area (Å²) in [6.07, 6.45) is 0. The number of carbonyl (C=O) groups is 2. The van der Waals surface area contributed by atoms with Crippen molar-refractivity contribution in [3.05, 3.63) is 0 Å². The molecule has 0 saturated carbocycles. The van der Waals surface area contributed by atoms with E-state index in [1.165, 1.54) is 0 Å². The van der Waals surface area contributed by atoms with E-state index in [1.54, 1.807) is 0 Å². The van der Waals surface area contributed by atoms with E-state index in [1.807, 2.05) is 0 Å². The predicted molar refractivity (Wildman–Crippen MR) is 35.0 cm³/mol. The molecule has 0 radical (unpaired) electrons. The molecule has 0 unspecified atom stereocenters. The van der Waals surface area contributed by atoms with Crippen molar-refractivity contribution in [2.45, 2.75) is 6.92 Å². The van der Waals surface area contributed by atoms with Gasteiger partial charge in [0.05, 0.1) is 0 Å². The van der Waals surface area contributed by atoms with Crippen molar-refractivity contribution in [1.82, 2.24) is 6.15 Å². The van der Waals surface area contributed by atoms with Crippen LogP contribution < -0.4 is 6.15 Å². The first-order valence-electron chi connectivity index (χ1n) is 1.42. The van der Waals surface area contributed by atoms with E-state index < -0.39 is 5.97 Å². The van der Waals surface area contributed by atoms with Gasteiger partial charge < -0.3 is 19.2 Å². The minimum Gasteiger partial charge on any atom is -1.00 e. The molecule has 54 valence electrons. The zero-order chi connectivity index (χ0) is 6.28. The quantitative estimate of drug-likeness (QED) is 0.340. The van der Waals surface area contributed by atoms with E-state index in [9.17, 15) is 0 Å². The van der Waals surface area contributed by atoms with E-state index in [0.29, 0.717) is 0 Å². The number of aliphatic carboxylic acids is 1. The molecule has 0 rings (SSSR count). The summed E-state index contributed by atoms with van der Waals surface area (Å²) in [5.74, 6) is -0.833. The van der Waals surface area contributed by atoms with Gasteiger partial charge in [-0.05, 0) is 0 Å². The summed E-state index contributed by atoms with van der Waals surface area (Å²) in [6, 6.07) is 0. The van der Waals surface area contributed by atoms with Crippen molar-refractivity contribution < 1.29 is 22.7 Å². The Morgan fingerprint density at radius 2 is 1.67 bits per heavy atom. The molecular formula is C3H11CaNO4. The molecule has 0 amide bonds. The second-order valence-corrected chi connectivity index (χ2v) is 0.624. The number of hydrogen-bond donors (Lipinski definition) is 3. The second kappa shape index (κ2) is 24.2. The maximum atomic E-state index is 9.00. The fourth-order valence-corrected chi connectivity index (χ4v) is 0. The average molecular weight is 165 g/mol. The van der Waals surface area contributed by atoms with Crippen LogP contribution >= 0.6 is 0 Å². The zero-order valence-electron chi connectivity index (χ0n) is 7.20. The van der Waals surface area contributed by atoms with E-state index in [0.717, 1.165) is 6.92 Å². The van der Waals surface area contributed by atoms with Gasteiger partial charge in [-0.1, -0.05) is 0 Å². The molecule has 5 N–H and O–H groups in total. The van der Waals surface area contributed by atoms with E-state index >= 15 is 0 Å². The Morgan fingerprint density at radius 1 is 1.67 bits per heavy atom. The third-order valence-electron chi connectivity index (χ3n) is 0. The van der Waals surface area contributed by atoms with Gasteiger partial charge in [0.2, 0.25) is 0 Å². The van der Waals surface area contributed by atoms with Gasteiger partial charge in [0.1, 0.15) is 0 Å². The molecule has 0 saturated heterocycles. The number of rotatable bonds is 0. The molecule has 0 aliphatic carbocycles. The summed E-state index contributed by atoms with van der Waals surface area (Å²) in [5.41, 5.74) is 0. The van der Waals surface area contributed by atoms with Crippen molar-refractivity contribution in [1.29, 1.82) is 0 Å². The van der Waals surface area contributed by atoms with Crippen molar-refractivity contribution in [2.24, 2.45) is 0 Å². The van der Waals surface area contributed by atoms with Crippen LogP contribution in [-0.4, -0.2) is 60.4 Å². The maximum Gasteiger partial charge on any atom is 2.00 e. The zero-order valence-corrected chi connectivity index (χ0v) is 7.41. The summed E-state index contributed by atoms with van der Waals surface area (Å²) < 4.78 is 0. The van der Waals surface area contributed by atoms with Gasteiger partial charge in [-0.25, -0.2) is 0 Å². The minimum atomic E-state index is -0.833. The molecule has 0 aromatic rings. The van der Waals surface area contributed by atoms with Crippen LogP contribution in [0, 0.1) is 0 Å². The Balaban J connectivity index is -0.00000000848. The fourth-order valence-electron chi connectivity index (χ4n) is 0. The summed E-state index contributed by atoms with van der Waals surface area (Å²) in [5, 5.41) is 14.3. The Hall–Kier alpha value is 0.160. The van der Waals surface area contributed by atoms with Crippen molar-refractivity contribution in [3.63, 3.8) is 0 Å². The van der Waals surface area contributed by atoms with Crippen molar-refractivity contribution in [2.75, 3.05) is 0 Å². The van der Waals surface area contributed by atoms with Crippen LogP contribution in [0.2, 0.25) is 0 Å². The molecule has 0 aromatic carbocycles. The molecule has 0 aliphatic rings. The Labute approximate surface area is 85.6 Å². The first-order chi connectivity index (χ1) is 3.15. The molecule has 9 heavy (non-hydrogen) atoms. The van der Waals surface area contributed by atoms with Crippen LogP contribution in [0.3, 0.4) is 0 Å². The van der Waals surface area contributed by atoms with Crippen molar-refractivity contribution >= 4 is 50.2 Å². The van der Waals surface area contributed by atoms with Gasteiger partial charge in [-0.2, -0.15) is 0 Å². The van der Waals surface area contributed by atoms with Crippen molar-refractivity contribution in [3.8, 4) is 0 Å². The summed E-state index contributed by atoms with van der Waals surface area (Å²) in [7, 11) is 0. The Morgan fingerprint density at radius 3 is 1.67 bits per heavy atom. The SMILES string of the molecule is CC(=O)O.N.O=CO.[Ca+2].[H-].[H-]. The minimum absolute atomic E-state index is 0. The van der Waals surface area contributed by atoms with Crippen LogP contribution in [0.25, 0.3) is 0 Å². The molecule has 0 spiro atoms. The molecule has 0 heterocycles. The van der Waals surface area contributed by atoms with Crippen LogP contribution in [0.4, 0.5) is 0 Å². The van der Waals surface area contributed by atoms with Gasteiger partial charge in [-0.3, -0.25) is 9.59 Å². The summed E-state index contributed by atoms with van der Waals surface area (Å²) in [4.78, 5) is 17.4. The van der Waals surface area contributed by atoms with Gasteiger partial charge in [0.25, 0.3) is 12.4 Å². The number of hydrogen-bond acceptors (Lipinski definition) is 3. The molecule has 0 fully saturated rings. The van der Waals surface area contributed by atoms with Gasteiger partial charge >= 0.3 is 37.7 Å². The van der Waals surface area contributed by atoms with Crippen LogP contribution in [0.5, 0.6) is 0 Å². The van der Waals surface area contributed by atoms with E-state index in [2.05, 4.69) is 0 Å². The van der Waals surface area contributed by atoms with Crippen LogP contribution in [0.15, 0.2) is 0 Å². The molecule has 6 heteroatoms. The smallest absolute Gasteiger partial charge is 1.00 e. The predicted octanol–water partition coefficient (Wildman–Crippen LogP) is -0.202. The second-order valence-electron chi connectivity index (χ2n) is 0.624. The third-order valence-corrected chi connectivity index (χ3v) is 0. The van der Waals surface area contributed by atoms with Gasteiger partial charge in [0.15, 0.2) is 0 Å². The van der Waals surface area contributed by atoms with E-state index in [-0.39, 0.29) is 53.2 Å². The Kier molecular flexibility index (Phi) is 61.5. The molecule has 0 aromatic heterocycles. The van der Waals surface area contributed by atoms with E-state index in [4.69, 9.17) is 19.8 Å². The number of carboxylic acid groups (broad SMARTS) is 2.